The first kappa shape index (κ1) is 19.6. The molecule has 6 nitrogen and oxygen atoms in total. The number of alkyl halides is 1. The maximum absolute atomic E-state index is 14.8. The van der Waals surface area contributed by atoms with E-state index in [0.29, 0.717) is 11.1 Å². The van der Waals surface area contributed by atoms with Gasteiger partial charge < -0.3 is 15.7 Å². The van der Waals surface area contributed by atoms with Crippen molar-refractivity contribution in [1.82, 2.24) is 4.40 Å². The van der Waals surface area contributed by atoms with Crippen LogP contribution in [0.1, 0.15) is 40.2 Å². The van der Waals surface area contributed by atoms with Crippen molar-refractivity contribution >= 4 is 29.6 Å². The number of hydrogen-bond acceptors (Lipinski definition) is 4. The van der Waals surface area contributed by atoms with Gasteiger partial charge in [0.15, 0.2) is 5.82 Å². The van der Waals surface area contributed by atoms with Gasteiger partial charge in [-0.1, -0.05) is 0 Å². The monoisotopic (exact) mass is 399 g/mol. The second-order valence-electron chi connectivity index (χ2n) is 7.15. The second kappa shape index (κ2) is 6.76. The number of carboxylic acid groups (broad SMARTS) is 1. The van der Waals surface area contributed by atoms with Gasteiger partial charge in [-0.2, -0.15) is 0 Å². The zero-order valence-corrected chi connectivity index (χ0v) is 15.4. The Hall–Kier alpha value is -2.19. The fourth-order valence-electron chi connectivity index (χ4n) is 3.86. The Bertz CT molecular complexity index is 980. The number of aromatic nitrogens is 1. The van der Waals surface area contributed by atoms with Crippen LogP contribution in [0.2, 0.25) is 0 Å². The van der Waals surface area contributed by atoms with Crippen molar-refractivity contribution in [2.75, 3.05) is 18.0 Å². The third-order valence-corrected chi connectivity index (χ3v) is 5.30. The summed E-state index contributed by atoms with van der Waals surface area (Å²) in [5, 5.41) is 9.31. The van der Waals surface area contributed by atoms with Gasteiger partial charge in [-0.15, -0.1) is 12.4 Å². The van der Waals surface area contributed by atoms with Gasteiger partial charge in [-0.3, -0.25) is 9.20 Å². The molecule has 2 aromatic rings. The molecule has 1 aliphatic heterocycles. The predicted molar refractivity (Wildman–Crippen MR) is 99.6 cm³/mol. The molecule has 27 heavy (non-hydrogen) atoms. The quantitative estimate of drug-likeness (QED) is 0.826. The van der Waals surface area contributed by atoms with Crippen molar-refractivity contribution in [1.29, 1.82) is 0 Å². The first-order valence-electron chi connectivity index (χ1n) is 8.55. The highest BCUT2D eigenvalue weighted by Gasteiger charge is 2.34. The van der Waals surface area contributed by atoms with E-state index in [1.54, 1.807) is 11.8 Å². The van der Waals surface area contributed by atoms with E-state index in [1.165, 1.54) is 6.07 Å². The smallest absolute Gasteiger partial charge is 0.341 e. The van der Waals surface area contributed by atoms with Crippen LogP contribution in [-0.2, 0) is 0 Å². The van der Waals surface area contributed by atoms with Crippen LogP contribution in [0.3, 0.4) is 0 Å². The fraction of sp³-hybridized carbons (Fsp3) is 0.444. The Morgan fingerprint density at radius 1 is 1.33 bits per heavy atom. The molecular weight excluding hydrogens is 380 g/mol. The van der Waals surface area contributed by atoms with Gasteiger partial charge in [0, 0.05) is 6.54 Å². The fourth-order valence-corrected chi connectivity index (χ4v) is 3.86. The van der Waals surface area contributed by atoms with Gasteiger partial charge >= 0.3 is 5.97 Å². The molecule has 0 unspecified atom stereocenters. The Morgan fingerprint density at radius 2 is 2.00 bits per heavy atom. The van der Waals surface area contributed by atoms with Crippen LogP contribution in [0.5, 0.6) is 0 Å². The average molecular weight is 400 g/mol. The molecule has 1 aliphatic carbocycles. The lowest BCUT2D eigenvalue weighted by molar-refractivity contribution is 0.0694. The van der Waals surface area contributed by atoms with Crippen molar-refractivity contribution in [2.24, 2.45) is 5.73 Å². The summed E-state index contributed by atoms with van der Waals surface area (Å²) in [5.74, 6) is -1.88. The molecule has 2 aliphatic rings. The molecular formula is C18H20ClF2N3O3. The number of hydrogen-bond donors (Lipinski definition) is 2. The zero-order valence-electron chi connectivity index (χ0n) is 14.6. The molecule has 0 aromatic carbocycles. The van der Waals surface area contributed by atoms with Crippen LogP contribution >= 0.6 is 12.4 Å². The molecule has 2 atom stereocenters. The summed E-state index contributed by atoms with van der Waals surface area (Å²) in [7, 11) is 0. The number of pyridine rings is 2. The molecule has 4 rings (SSSR count). The molecule has 0 bridgehead atoms. The standard InChI is InChI=1S/C18H19F2N3O3.ClH/c1-8-15-10(9-2-3-9)4-11(18(25)26)17(24)23(15)6-13(20)16(8)22-5-12(19)14(21)7-22;/h4,6,9,12,14H,2-3,5,7,21H2,1H3,(H,25,26);1H/t12-,14+;/m1./s1. The van der Waals surface area contributed by atoms with E-state index in [4.69, 9.17) is 5.73 Å². The van der Waals surface area contributed by atoms with Crippen molar-refractivity contribution in [3.63, 3.8) is 0 Å². The minimum atomic E-state index is -1.33. The summed E-state index contributed by atoms with van der Waals surface area (Å²) in [6.07, 6.45) is 1.54. The summed E-state index contributed by atoms with van der Waals surface area (Å²) in [4.78, 5) is 25.5. The summed E-state index contributed by atoms with van der Waals surface area (Å²) in [6.45, 7) is 1.85. The molecule has 1 saturated heterocycles. The topological polar surface area (TPSA) is 88.0 Å². The molecule has 0 radical (unpaired) electrons. The first-order valence-corrected chi connectivity index (χ1v) is 8.55. The number of fused-ring (bicyclic) bond motifs is 1. The van der Waals surface area contributed by atoms with E-state index in [0.717, 1.165) is 29.0 Å². The number of anilines is 1. The highest BCUT2D eigenvalue weighted by Crippen LogP contribution is 2.44. The summed E-state index contributed by atoms with van der Waals surface area (Å²) in [6, 6.07) is 0.713. The normalized spacial score (nSPS) is 22.1. The minimum absolute atomic E-state index is 0. The number of halogens is 3. The first-order chi connectivity index (χ1) is 12.3. The molecule has 9 heteroatoms. The largest absolute Gasteiger partial charge is 0.477 e. The van der Waals surface area contributed by atoms with Crippen LogP contribution in [0.4, 0.5) is 14.5 Å². The lowest BCUT2D eigenvalue weighted by atomic mass is 10.0. The van der Waals surface area contributed by atoms with E-state index in [1.807, 2.05) is 0 Å². The number of nitrogens with two attached hydrogens (primary N) is 1. The van der Waals surface area contributed by atoms with Gasteiger partial charge in [0.05, 0.1) is 30.0 Å². The average Bonchev–Trinajstić information content (AvgIpc) is 3.35. The third kappa shape index (κ3) is 3.06. The minimum Gasteiger partial charge on any atom is -0.477 e. The van der Waals surface area contributed by atoms with Gasteiger partial charge in [0.2, 0.25) is 0 Å². The molecule has 0 amide bonds. The summed E-state index contributed by atoms with van der Waals surface area (Å²) in [5.41, 5.74) is 6.54. The third-order valence-electron chi connectivity index (χ3n) is 5.30. The summed E-state index contributed by atoms with van der Waals surface area (Å²) < 4.78 is 29.8. The number of aryl methyl sites for hydroxylation is 1. The predicted octanol–water partition coefficient (Wildman–Crippen LogP) is 2.23. The summed E-state index contributed by atoms with van der Waals surface area (Å²) >= 11 is 0. The van der Waals surface area contributed by atoms with Crippen molar-refractivity contribution in [2.45, 2.75) is 37.9 Å². The maximum Gasteiger partial charge on any atom is 0.341 e. The van der Waals surface area contributed by atoms with E-state index in [2.05, 4.69) is 0 Å². The number of carbonyl (C=O) groups is 1. The van der Waals surface area contributed by atoms with E-state index >= 15 is 0 Å². The Balaban J connectivity index is 0.00000210. The molecule has 2 fully saturated rings. The van der Waals surface area contributed by atoms with Crippen LogP contribution in [0, 0.1) is 12.7 Å². The highest BCUT2D eigenvalue weighted by molar-refractivity contribution is 5.89. The number of nitrogens with zero attached hydrogens (tertiary/aromatic N) is 2. The lowest BCUT2D eigenvalue weighted by Crippen LogP contribution is -2.31. The Morgan fingerprint density at radius 3 is 2.52 bits per heavy atom. The highest BCUT2D eigenvalue weighted by atomic mass is 35.5. The van der Waals surface area contributed by atoms with E-state index < -0.39 is 29.6 Å². The zero-order chi connectivity index (χ0) is 18.7. The number of carboxylic acids is 1. The maximum atomic E-state index is 14.8. The molecule has 2 aromatic heterocycles. The van der Waals surface area contributed by atoms with Crippen LogP contribution < -0.4 is 16.2 Å². The van der Waals surface area contributed by atoms with Gasteiger partial charge in [0.1, 0.15) is 11.7 Å². The number of aromatic carboxylic acids is 1. The molecule has 0 spiro atoms. The molecule has 3 heterocycles. The second-order valence-corrected chi connectivity index (χ2v) is 7.15. The SMILES string of the molecule is Cc1c(N2C[C@@H](F)[C@@H](N)C2)c(F)cn2c(=O)c(C(=O)O)cc(C3CC3)c12.Cl. The van der Waals surface area contributed by atoms with Crippen molar-refractivity contribution in [3.8, 4) is 0 Å². The Kier molecular flexibility index (Phi) is 4.90. The molecule has 1 saturated carbocycles. The van der Waals surface area contributed by atoms with Crippen LogP contribution in [0.25, 0.3) is 5.52 Å². The van der Waals surface area contributed by atoms with Gasteiger partial charge in [0.25, 0.3) is 5.56 Å². The van der Waals surface area contributed by atoms with E-state index in [9.17, 15) is 23.5 Å². The number of rotatable bonds is 3. The van der Waals surface area contributed by atoms with Crippen molar-refractivity contribution in [3.05, 3.63) is 45.1 Å². The van der Waals surface area contributed by atoms with Crippen molar-refractivity contribution < 1.29 is 18.7 Å². The van der Waals surface area contributed by atoms with Gasteiger partial charge in [-0.05, 0) is 42.9 Å². The Labute approximate surface area is 160 Å². The van der Waals surface area contributed by atoms with E-state index in [-0.39, 0.29) is 42.7 Å². The molecule has 3 N–H and O–H groups in total. The van der Waals surface area contributed by atoms with Crippen LogP contribution in [0.15, 0.2) is 17.1 Å². The lowest BCUT2D eigenvalue weighted by Gasteiger charge is -2.23. The van der Waals surface area contributed by atoms with Gasteiger partial charge in [-0.25, -0.2) is 13.6 Å². The van der Waals surface area contributed by atoms with Crippen LogP contribution in [-0.4, -0.2) is 40.8 Å². The molecule has 146 valence electrons.